The van der Waals surface area contributed by atoms with E-state index in [1.165, 1.54) is 4.90 Å². The lowest BCUT2D eigenvalue weighted by Gasteiger charge is -2.03. The van der Waals surface area contributed by atoms with Gasteiger partial charge in [-0.25, -0.2) is 10.8 Å². The Hall–Kier alpha value is -0.740. The molecule has 0 aliphatic carbocycles. The highest BCUT2D eigenvalue weighted by Gasteiger charge is 1.97. The molecule has 60 valence electrons. The van der Waals surface area contributed by atoms with Gasteiger partial charge in [-0.05, 0) is 25.3 Å². The van der Waals surface area contributed by atoms with Crippen LogP contribution in [0.1, 0.15) is 5.69 Å². The third-order valence-corrected chi connectivity index (χ3v) is 2.28. The molecule has 0 amide bonds. The van der Waals surface area contributed by atoms with Crippen molar-refractivity contribution in [3.8, 4) is 0 Å². The number of aryl methyl sites for hydroxylation is 1. The molecule has 0 atom stereocenters. The van der Waals surface area contributed by atoms with Crippen molar-refractivity contribution in [1.29, 1.82) is 0 Å². The van der Waals surface area contributed by atoms with Crippen molar-refractivity contribution in [2.45, 2.75) is 11.8 Å². The van der Waals surface area contributed by atoms with Crippen LogP contribution in [0.25, 0.3) is 0 Å². The Bertz CT molecular complexity index is 249. The number of anilines is 1. The van der Waals surface area contributed by atoms with Gasteiger partial charge in [0.1, 0.15) is 5.82 Å². The van der Waals surface area contributed by atoms with Crippen molar-refractivity contribution < 1.29 is 0 Å². The molecular weight excluding hydrogens is 158 g/mol. The molecule has 0 aliphatic heterocycles. The molecule has 1 rings (SSSR count). The Balaban J connectivity index is 2.99. The van der Waals surface area contributed by atoms with Crippen molar-refractivity contribution in [3.05, 3.63) is 17.8 Å². The van der Waals surface area contributed by atoms with Gasteiger partial charge in [0.25, 0.3) is 0 Å². The molecule has 4 heteroatoms. The van der Waals surface area contributed by atoms with E-state index in [9.17, 15) is 0 Å². The Morgan fingerprint density at radius 2 is 2.27 bits per heavy atom. The van der Waals surface area contributed by atoms with Gasteiger partial charge in [-0.1, -0.05) is 0 Å². The number of hydrogen-bond acceptors (Lipinski definition) is 4. The lowest BCUT2D eigenvalue weighted by molar-refractivity contribution is 1.10. The van der Waals surface area contributed by atoms with E-state index in [1.807, 2.05) is 25.3 Å². The Morgan fingerprint density at radius 1 is 1.55 bits per heavy atom. The summed E-state index contributed by atoms with van der Waals surface area (Å²) in [5.41, 5.74) is 3.51. The van der Waals surface area contributed by atoms with E-state index < -0.39 is 0 Å². The van der Waals surface area contributed by atoms with Gasteiger partial charge in [0.15, 0.2) is 0 Å². The SMILES string of the molecule is CSc1ccc(NN)nc1C. The normalized spacial score (nSPS) is 9.73. The molecule has 0 fully saturated rings. The van der Waals surface area contributed by atoms with Crippen LogP contribution >= 0.6 is 11.8 Å². The van der Waals surface area contributed by atoms with E-state index in [4.69, 9.17) is 5.84 Å². The van der Waals surface area contributed by atoms with Gasteiger partial charge in [-0.15, -0.1) is 11.8 Å². The largest absolute Gasteiger partial charge is 0.308 e. The lowest BCUT2D eigenvalue weighted by Crippen LogP contribution is -2.08. The maximum atomic E-state index is 5.19. The van der Waals surface area contributed by atoms with Crippen LogP contribution < -0.4 is 11.3 Å². The fraction of sp³-hybridized carbons (Fsp3) is 0.286. The first-order valence-corrected chi connectivity index (χ1v) is 4.48. The van der Waals surface area contributed by atoms with Gasteiger partial charge in [-0.2, -0.15) is 0 Å². The predicted molar refractivity (Wildman–Crippen MR) is 48.6 cm³/mol. The zero-order chi connectivity index (χ0) is 8.27. The molecule has 0 bridgehead atoms. The van der Waals surface area contributed by atoms with E-state index in [-0.39, 0.29) is 0 Å². The van der Waals surface area contributed by atoms with Crippen molar-refractivity contribution in [1.82, 2.24) is 4.98 Å². The molecule has 1 aromatic rings. The number of nitrogens with two attached hydrogens (primary N) is 1. The van der Waals surface area contributed by atoms with E-state index in [2.05, 4.69) is 10.4 Å². The van der Waals surface area contributed by atoms with E-state index in [0.717, 1.165) is 5.69 Å². The van der Waals surface area contributed by atoms with Crippen LogP contribution in [0.5, 0.6) is 0 Å². The van der Waals surface area contributed by atoms with Gasteiger partial charge in [0, 0.05) is 4.90 Å². The number of pyridine rings is 1. The zero-order valence-electron chi connectivity index (χ0n) is 6.59. The zero-order valence-corrected chi connectivity index (χ0v) is 7.40. The van der Waals surface area contributed by atoms with Gasteiger partial charge in [0.05, 0.1) is 5.69 Å². The molecule has 0 radical (unpaired) electrons. The number of nitrogens with one attached hydrogen (secondary N) is 1. The molecule has 3 N–H and O–H groups in total. The summed E-state index contributed by atoms with van der Waals surface area (Å²) >= 11 is 1.68. The van der Waals surface area contributed by atoms with Gasteiger partial charge < -0.3 is 5.43 Å². The smallest absolute Gasteiger partial charge is 0.140 e. The molecular formula is C7H11N3S. The summed E-state index contributed by atoms with van der Waals surface area (Å²) in [5.74, 6) is 5.90. The summed E-state index contributed by atoms with van der Waals surface area (Å²) in [7, 11) is 0. The monoisotopic (exact) mass is 169 g/mol. The van der Waals surface area contributed by atoms with E-state index in [1.54, 1.807) is 11.8 Å². The number of rotatable bonds is 2. The maximum absolute atomic E-state index is 5.19. The minimum absolute atomic E-state index is 0.709. The first-order chi connectivity index (χ1) is 5.27. The summed E-state index contributed by atoms with van der Waals surface area (Å²) in [6.07, 6.45) is 2.03. The second-order valence-corrected chi connectivity index (χ2v) is 2.98. The lowest BCUT2D eigenvalue weighted by atomic mass is 10.4. The third kappa shape index (κ3) is 1.85. The van der Waals surface area contributed by atoms with Crippen LogP contribution in [-0.4, -0.2) is 11.2 Å². The highest BCUT2D eigenvalue weighted by atomic mass is 32.2. The number of nitrogen functional groups attached to an aromatic ring is 1. The van der Waals surface area contributed by atoms with Gasteiger partial charge >= 0.3 is 0 Å². The Labute approximate surface area is 70.4 Å². The number of hydrazine groups is 1. The fourth-order valence-corrected chi connectivity index (χ4v) is 1.39. The fourth-order valence-electron chi connectivity index (χ4n) is 0.844. The molecule has 0 saturated heterocycles. The van der Waals surface area contributed by atoms with E-state index >= 15 is 0 Å². The van der Waals surface area contributed by atoms with Crippen molar-refractivity contribution in [2.75, 3.05) is 11.7 Å². The Morgan fingerprint density at radius 3 is 2.73 bits per heavy atom. The quantitative estimate of drug-likeness (QED) is 0.399. The number of aromatic nitrogens is 1. The molecule has 0 saturated carbocycles. The summed E-state index contributed by atoms with van der Waals surface area (Å²) in [6, 6.07) is 3.86. The van der Waals surface area contributed by atoms with Crippen LogP contribution in [0.2, 0.25) is 0 Å². The molecule has 1 aromatic heterocycles. The third-order valence-electron chi connectivity index (χ3n) is 1.41. The highest BCUT2D eigenvalue weighted by molar-refractivity contribution is 7.98. The van der Waals surface area contributed by atoms with Crippen LogP contribution in [-0.2, 0) is 0 Å². The molecule has 0 spiro atoms. The Kier molecular flexibility index (Phi) is 2.73. The first kappa shape index (κ1) is 8.36. The first-order valence-electron chi connectivity index (χ1n) is 3.26. The summed E-state index contributed by atoms with van der Waals surface area (Å²) < 4.78 is 0. The van der Waals surface area contributed by atoms with Crippen LogP contribution in [0.15, 0.2) is 17.0 Å². The molecule has 0 aliphatic rings. The molecule has 3 nitrogen and oxygen atoms in total. The van der Waals surface area contributed by atoms with Gasteiger partial charge in [-0.3, -0.25) is 0 Å². The molecule has 0 aromatic carbocycles. The van der Waals surface area contributed by atoms with Crippen LogP contribution in [0.3, 0.4) is 0 Å². The second kappa shape index (κ2) is 3.59. The topological polar surface area (TPSA) is 50.9 Å². The van der Waals surface area contributed by atoms with Crippen molar-refractivity contribution >= 4 is 17.6 Å². The average Bonchev–Trinajstić information content (AvgIpc) is 2.04. The summed E-state index contributed by atoms with van der Waals surface area (Å²) in [4.78, 5) is 5.39. The minimum atomic E-state index is 0.709. The second-order valence-electron chi connectivity index (χ2n) is 2.13. The molecule has 0 unspecified atom stereocenters. The summed E-state index contributed by atoms with van der Waals surface area (Å²) in [6.45, 7) is 1.96. The average molecular weight is 169 g/mol. The molecule has 11 heavy (non-hydrogen) atoms. The standard InChI is InChI=1S/C7H11N3S/c1-5-6(11-2)3-4-7(9-5)10-8/h3-4H,8H2,1-2H3,(H,9,10). The maximum Gasteiger partial charge on any atom is 0.140 e. The minimum Gasteiger partial charge on any atom is -0.308 e. The van der Waals surface area contributed by atoms with Crippen molar-refractivity contribution in [2.24, 2.45) is 5.84 Å². The summed E-state index contributed by atoms with van der Waals surface area (Å²) in [5, 5.41) is 0. The van der Waals surface area contributed by atoms with Crippen LogP contribution in [0, 0.1) is 6.92 Å². The van der Waals surface area contributed by atoms with E-state index in [0.29, 0.717) is 5.82 Å². The van der Waals surface area contributed by atoms with Crippen LogP contribution in [0.4, 0.5) is 5.82 Å². The number of thioether (sulfide) groups is 1. The number of nitrogens with zero attached hydrogens (tertiary/aromatic N) is 1. The molecule has 1 heterocycles. The number of hydrogen-bond donors (Lipinski definition) is 2. The predicted octanol–water partition coefficient (Wildman–Crippen LogP) is 1.40. The van der Waals surface area contributed by atoms with Gasteiger partial charge in [0.2, 0.25) is 0 Å². The highest BCUT2D eigenvalue weighted by Crippen LogP contribution is 2.18. The van der Waals surface area contributed by atoms with Crippen molar-refractivity contribution in [3.63, 3.8) is 0 Å².